The molecule has 1 atom stereocenters. The van der Waals surface area contributed by atoms with Crippen LogP contribution in [0.2, 0.25) is 0 Å². The van der Waals surface area contributed by atoms with Crippen LogP contribution < -0.4 is 0 Å². The number of ether oxygens (including phenoxy) is 2. The SMILES string of the molecule is CCCC(C)(CC=C(C)C)C(OC)OC. The minimum atomic E-state index is -0.118. The van der Waals surface area contributed by atoms with Crippen molar-refractivity contribution >= 4 is 0 Å². The van der Waals surface area contributed by atoms with Gasteiger partial charge in [0.2, 0.25) is 0 Å². The van der Waals surface area contributed by atoms with Crippen molar-refractivity contribution in [3.63, 3.8) is 0 Å². The smallest absolute Gasteiger partial charge is 0.162 e. The molecule has 0 aromatic heterocycles. The number of hydrogen-bond acceptors (Lipinski definition) is 2. The Kier molecular flexibility index (Phi) is 6.86. The van der Waals surface area contributed by atoms with Gasteiger partial charge in [0.1, 0.15) is 0 Å². The van der Waals surface area contributed by atoms with Crippen LogP contribution in [-0.2, 0) is 9.47 Å². The van der Waals surface area contributed by atoms with Gasteiger partial charge in [-0.3, -0.25) is 0 Å². The first-order valence-corrected chi connectivity index (χ1v) is 5.69. The highest BCUT2D eigenvalue weighted by Gasteiger charge is 2.32. The van der Waals surface area contributed by atoms with Crippen molar-refractivity contribution < 1.29 is 9.47 Å². The Morgan fingerprint density at radius 3 is 2.13 bits per heavy atom. The van der Waals surface area contributed by atoms with Gasteiger partial charge in [0.15, 0.2) is 6.29 Å². The zero-order chi connectivity index (χ0) is 11.9. The Bertz CT molecular complexity index is 191. The van der Waals surface area contributed by atoms with E-state index in [4.69, 9.17) is 9.47 Å². The van der Waals surface area contributed by atoms with Gasteiger partial charge in [0.25, 0.3) is 0 Å². The van der Waals surface area contributed by atoms with Crippen LogP contribution in [0.15, 0.2) is 11.6 Å². The second kappa shape index (κ2) is 7.02. The molecule has 0 saturated carbocycles. The van der Waals surface area contributed by atoms with Crippen LogP contribution in [0.3, 0.4) is 0 Å². The van der Waals surface area contributed by atoms with Crippen molar-refractivity contribution in [1.82, 2.24) is 0 Å². The van der Waals surface area contributed by atoms with E-state index in [9.17, 15) is 0 Å². The van der Waals surface area contributed by atoms with E-state index in [0.717, 1.165) is 19.3 Å². The molecule has 90 valence electrons. The van der Waals surface area contributed by atoms with Crippen molar-refractivity contribution in [2.75, 3.05) is 14.2 Å². The molecule has 15 heavy (non-hydrogen) atoms. The highest BCUT2D eigenvalue weighted by atomic mass is 16.7. The molecule has 0 aliphatic heterocycles. The van der Waals surface area contributed by atoms with Crippen LogP contribution in [-0.4, -0.2) is 20.5 Å². The van der Waals surface area contributed by atoms with Crippen molar-refractivity contribution in [1.29, 1.82) is 0 Å². The molecular formula is C13H26O2. The fourth-order valence-corrected chi connectivity index (χ4v) is 1.99. The summed E-state index contributed by atoms with van der Waals surface area (Å²) in [7, 11) is 3.43. The molecule has 0 aromatic rings. The van der Waals surface area contributed by atoms with Gasteiger partial charge in [-0.25, -0.2) is 0 Å². The van der Waals surface area contributed by atoms with E-state index in [0.29, 0.717) is 0 Å². The standard InChI is InChI=1S/C13H26O2/c1-7-9-13(4,10-8-11(2)3)12(14-5)15-6/h8,12H,7,9-10H2,1-6H3. The van der Waals surface area contributed by atoms with Crippen LogP contribution in [0, 0.1) is 5.41 Å². The first-order valence-electron chi connectivity index (χ1n) is 5.69. The van der Waals surface area contributed by atoms with Crippen LogP contribution in [0.25, 0.3) is 0 Å². The average molecular weight is 214 g/mol. The summed E-state index contributed by atoms with van der Waals surface area (Å²) in [6, 6.07) is 0. The van der Waals surface area contributed by atoms with Crippen molar-refractivity contribution in [3.8, 4) is 0 Å². The van der Waals surface area contributed by atoms with Crippen molar-refractivity contribution in [2.24, 2.45) is 5.41 Å². The summed E-state index contributed by atoms with van der Waals surface area (Å²) >= 11 is 0. The largest absolute Gasteiger partial charge is 0.355 e. The summed E-state index contributed by atoms with van der Waals surface area (Å²) in [5.74, 6) is 0. The predicted octanol–water partition coefficient (Wildman–Crippen LogP) is 3.77. The quantitative estimate of drug-likeness (QED) is 0.474. The van der Waals surface area contributed by atoms with Gasteiger partial charge in [0.05, 0.1) is 0 Å². The van der Waals surface area contributed by atoms with Crippen LogP contribution in [0.1, 0.15) is 47.0 Å². The molecule has 0 N–H and O–H groups in total. The average Bonchev–Trinajstić information content (AvgIpc) is 2.17. The lowest BCUT2D eigenvalue weighted by Crippen LogP contribution is -2.35. The molecule has 2 heteroatoms. The maximum absolute atomic E-state index is 5.40. The fraction of sp³-hybridized carbons (Fsp3) is 0.846. The van der Waals surface area contributed by atoms with Gasteiger partial charge in [-0.2, -0.15) is 0 Å². The third-order valence-corrected chi connectivity index (χ3v) is 2.79. The Balaban J connectivity index is 4.62. The minimum Gasteiger partial charge on any atom is -0.355 e. The summed E-state index contributed by atoms with van der Waals surface area (Å²) in [6.07, 6.45) is 5.42. The predicted molar refractivity (Wildman–Crippen MR) is 64.9 cm³/mol. The molecule has 0 amide bonds. The summed E-state index contributed by atoms with van der Waals surface area (Å²) in [5.41, 5.74) is 1.43. The Morgan fingerprint density at radius 1 is 1.27 bits per heavy atom. The molecule has 0 saturated heterocycles. The lowest BCUT2D eigenvalue weighted by molar-refractivity contribution is -0.174. The number of hydrogen-bond donors (Lipinski definition) is 0. The highest BCUT2D eigenvalue weighted by Crippen LogP contribution is 2.34. The normalized spacial score (nSPS) is 15.1. The summed E-state index contributed by atoms with van der Waals surface area (Å²) in [5, 5.41) is 0. The molecule has 0 aromatic carbocycles. The lowest BCUT2D eigenvalue weighted by atomic mass is 9.81. The second-order valence-corrected chi connectivity index (χ2v) is 4.69. The lowest BCUT2D eigenvalue weighted by Gasteiger charge is -2.35. The van der Waals surface area contributed by atoms with E-state index in [1.54, 1.807) is 14.2 Å². The van der Waals surface area contributed by atoms with Crippen LogP contribution in [0.4, 0.5) is 0 Å². The van der Waals surface area contributed by atoms with E-state index in [-0.39, 0.29) is 11.7 Å². The molecule has 0 bridgehead atoms. The van der Waals surface area contributed by atoms with E-state index >= 15 is 0 Å². The number of allylic oxidation sites excluding steroid dienone is 2. The molecular weight excluding hydrogens is 188 g/mol. The molecule has 2 nitrogen and oxygen atoms in total. The monoisotopic (exact) mass is 214 g/mol. The number of rotatable bonds is 7. The van der Waals surface area contributed by atoms with Gasteiger partial charge < -0.3 is 9.47 Å². The zero-order valence-electron chi connectivity index (χ0n) is 11.1. The molecule has 0 spiro atoms. The topological polar surface area (TPSA) is 18.5 Å². The van der Waals surface area contributed by atoms with Gasteiger partial charge >= 0.3 is 0 Å². The van der Waals surface area contributed by atoms with Crippen LogP contribution >= 0.6 is 0 Å². The van der Waals surface area contributed by atoms with Gasteiger partial charge in [-0.05, 0) is 26.7 Å². The van der Waals surface area contributed by atoms with Gasteiger partial charge in [0, 0.05) is 19.6 Å². The molecule has 0 aliphatic rings. The molecule has 0 rings (SSSR count). The summed E-state index contributed by atoms with van der Waals surface area (Å²) in [6.45, 7) is 8.68. The first kappa shape index (κ1) is 14.7. The third kappa shape index (κ3) is 4.80. The van der Waals surface area contributed by atoms with Crippen molar-refractivity contribution in [2.45, 2.75) is 53.2 Å². The Labute approximate surface area is 94.7 Å². The molecule has 0 radical (unpaired) electrons. The summed E-state index contributed by atoms with van der Waals surface area (Å²) in [4.78, 5) is 0. The maximum atomic E-state index is 5.40. The van der Waals surface area contributed by atoms with Crippen molar-refractivity contribution in [3.05, 3.63) is 11.6 Å². The maximum Gasteiger partial charge on any atom is 0.162 e. The molecule has 0 fully saturated rings. The second-order valence-electron chi connectivity index (χ2n) is 4.69. The van der Waals surface area contributed by atoms with Gasteiger partial charge in [-0.15, -0.1) is 0 Å². The first-order chi connectivity index (χ1) is 7.00. The molecule has 0 heterocycles. The Hall–Kier alpha value is -0.340. The third-order valence-electron chi connectivity index (χ3n) is 2.79. The van der Waals surface area contributed by atoms with Gasteiger partial charge in [-0.1, -0.05) is 31.9 Å². The van der Waals surface area contributed by atoms with E-state index in [1.165, 1.54) is 5.57 Å². The number of methoxy groups -OCH3 is 2. The molecule has 1 unspecified atom stereocenters. The Morgan fingerprint density at radius 2 is 1.80 bits per heavy atom. The van der Waals surface area contributed by atoms with E-state index in [1.807, 2.05) is 0 Å². The van der Waals surface area contributed by atoms with E-state index in [2.05, 4.69) is 33.8 Å². The van der Waals surface area contributed by atoms with E-state index < -0.39 is 0 Å². The zero-order valence-corrected chi connectivity index (χ0v) is 11.1. The minimum absolute atomic E-state index is 0.0789. The highest BCUT2D eigenvalue weighted by molar-refractivity contribution is 4.97. The molecule has 0 aliphatic carbocycles. The fourth-order valence-electron chi connectivity index (χ4n) is 1.99. The summed E-state index contributed by atoms with van der Waals surface area (Å²) < 4.78 is 10.8. The van der Waals surface area contributed by atoms with Crippen LogP contribution in [0.5, 0.6) is 0 Å².